The molecule has 0 unspecified atom stereocenters. The number of aliphatic imine (C=N–C) groups is 1. The summed E-state index contributed by atoms with van der Waals surface area (Å²) < 4.78 is 10.3. The molecule has 0 N–H and O–H groups in total. The zero-order valence-corrected chi connectivity index (χ0v) is 6.73. The van der Waals surface area contributed by atoms with Crippen LogP contribution >= 0.6 is 0 Å². The molecule has 0 saturated carbocycles. The molecule has 4 heteroatoms. The molecule has 13 heavy (non-hydrogen) atoms. The van der Waals surface area contributed by atoms with Crippen molar-refractivity contribution in [3.05, 3.63) is 22.7 Å². The van der Waals surface area contributed by atoms with Gasteiger partial charge in [0.15, 0.2) is 0 Å². The molecule has 0 aliphatic carbocycles. The molecule has 2 aliphatic heterocycles. The van der Waals surface area contributed by atoms with Gasteiger partial charge in [-0.1, -0.05) is 0 Å². The topological polar surface area (TPSA) is 43.2 Å². The smallest absolute Gasteiger partial charge is 0.230 e. The van der Waals surface area contributed by atoms with Gasteiger partial charge < -0.3 is 9.47 Å². The van der Waals surface area contributed by atoms with Gasteiger partial charge in [-0.3, -0.25) is 0 Å². The third-order valence-electron chi connectivity index (χ3n) is 1.99. The molecule has 0 amide bonds. The lowest BCUT2D eigenvalue weighted by molar-refractivity contribution is 0.0912. The van der Waals surface area contributed by atoms with Crippen LogP contribution in [0.15, 0.2) is 22.1 Å². The highest BCUT2D eigenvalue weighted by Gasteiger charge is 2.07. The minimum Gasteiger partial charge on any atom is -0.464 e. The lowest BCUT2D eigenvalue weighted by Crippen LogP contribution is -2.19. The third kappa shape index (κ3) is 0.917. The quantitative estimate of drug-likeness (QED) is 0.559. The van der Waals surface area contributed by atoms with E-state index in [0.29, 0.717) is 0 Å². The molecule has 0 spiro atoms. The molecule has 1 aromatic carbocycles. The minimum atomic E-state index is 0.270. The fraction of sp³-hybridized carbons (Fsp3) is 0.111. The average Bonchev–Trinajstić information content (AvgIpc) is 2.61. The van der Waals surface area contributed by atoms with Gasteiger partial charge in [0.05, 0.1) is 22.5 Å². The normalized spacial score (nSPS) is 16.0. The van der Waals surface area contributed by atoms with E-state index in [4.69, 9.17) is 9.47 Å². The molecule has 3 rings (SSSR count). The van der Waals surface area contributed by atoms with Crippen LogP contribution in [-0.4, -0.2) is 13.1 Å². The fourth-order valence-corrected chi connectivity index (χ4v) is 1.37. The Hall–Kier alpha value is -1.84. The van der Waals surface area contributed by atoms with Crippen LogP contribution in [0.25, 0.3) is 6.26 Å². The largest absolute Gasteiger partial charge is 0.464 e. The van der Waals surface area contributed by atoms with Gasteiger partial charge in [-0.15, -0.1) is 0 Å². The number of hydrogen-bond acceptors (Lipinski definition) is 4. The van der Waals surface area contributed by atoms with Gasteiger partial charge in [-0.25, -0.2) is 9.98 Å². The summed E-state index contributed by atoms with van der Waals surface area (Å²) in [6.07, 6.45) is 3.21. The van der Waals surface area contributed by atoms with Crippen molar-refractivity contribution in [2.75, 3.05) is 6.79 Å². The second-order valence-electron chi connectivity index (χ2n) is 2.80. The van der Waals surface area contributed by atoms with E-state index in [0.717, 1.165) is 22.0 Å². The van der Waals surface area contributed by atoms with E-state index in [-0.39, 0.29) is 6.79 Å². The SMILES string of the molecule is C1=Nc2cc3c(cc2=N1)OCOC=3. The van der Waals surface area contributed by atoms with Crippen LogP contribution in [0.2, 0.25) is 0 Å². The van der Waals surface area contributed by atoms with Crippen LogP contribution in [-0.2, 0) is 4.74 Å². The molecule has 0 atom stereocenters. The van der Waals surface area contributed by atoms with E-state index >= 15 is 0 Å². The van der Waals surface area contributed by atoms with Crippen molar-refractivity contribution in [1.29, 1.82) is 0 Å². The second-order valence-corrected chi connectivity index (χ2v) is 2.80. The lowest BCUT2D eigenvalue weighted by Gasteiger charge is -2.11. The van der Waals surface area contributed by atoms with Crippen molar-refractivity contribution in [2.45, 2.75) is 0 Å². The fourth-order valence-electron chi connectivity index (χ4n) is 1.37. The molecule has 4 nitrogen and oxygen atoms in total. The van der Waals surface area contributed by atoms with Gasteiger partial charge in [0, 0.05) is 6.07 Å². The van der Waals surface area contributed by atoms with E-state index < -0.39 is 0 Å². The highest BCUT2D eigenvalue weighted by atomic mass is 16.7. The molecule has 0 bridgehead atoms. The summed E-state index contributed by atoms with van der Waals surface area (Å²) in [5, 5.41) is 1.77. The maximum atomic E-state index is 5.28. The van der Waals surface area contributed by atoms with Crippen molar-refractivity contribution in [3.63, 3.8) is 0 Å². The Morgan fingerprint density at radius 3 is 3.31 bits per heavy atom. The highest BCUT2D eigenvalue weighted by Crippen LogP contribution is 2.11. The highest BCUT2D eigenvalue weighted by molar-refractivity contribution is 5.67. The molecule has 2 heterocycles. The predicted molar refractivity (Wildman–Crippen MR) is 46.4 cm³/mol. The Balaban J connectivity index is 2.37. The first kappa shape index (κ1) is 6.65. The van der Waals surface area contributed by atoms with Crippen molar-refractivity contribution in [2.24, 2.45) is 9.98 Å². The summed E-state index contributed by atoms with van der Waals surface area (Å²) >= 11 is 0. The molecule has 1 aromatic rings. The zero-order chi connectivity index (χ0) is 8.67. The molecule has 0 aromatic heterocycles. The van der Waals surface area contributed by atoms with Gasteiger partial charge >= 0.3 is 0 Å². The number of nitrogens with zero attached hydrogens (tertiary/aromatic N) is 2. The molecule has 64 valence electrons. The summed E-state index contributed by atoms with van der Waals surface area (Å²) in [6, 6.07) is 3.77. The molecule has 0 fully saturated rings. The summed E-state index contributed by atoms with van der Waals surface area (Å²) in [5.74, 6) is 0.805. The summed E-state index contributed by atoms with van der Waals surface area (Å²) in [5.41, 5.74) is 0.865. The molecule has 2 aliphatic rings. The van der Waals surface area contributed by atoms with Crippen LogP contribution < -0.4 is 15.3 Å². The molecular weight excluding hydrogens is 168 g/mol. The Kier molecular flexibility index (Phi) is 1.19. The number of benzene rings is 1. The van der Waals surface area contributed by atoms with Crippen molar-refractivity contribution in [1.82, 2.24) is 0 Å². The average molecular weight is 174 g/mol. The third-order valence-corrected chi connectivity index (χ3v) is 1.99. The first-order chi connectivity index (χ1) is 6.43. The lowest BCUT2D eigenvalue weighted by atomic mass is 10.2. The Labute approximate surface area is 73.8 Å². The van der Waals surface area contributed by atoms with E-state index in [1.165, 1.54) is 6.34 Å². The number of ether oxygens (including phenoxy) is 2. The number of fused-ring (bicyclic) bond motifs is 2. The Bertz CT molecular complexity index is 505. The van der Waals surface area contributed by atoms with Crippen molar-refractivity contribution >= 4 is 18.3 Å². The summed E-state index contributed by atoms with van der Waals surface area (Å²) in [4.78, 5) is 8.17. The van der Waals surface area contributed by atoms with Crippen LogP contribution in [0.4, 0.5) is 5.69 Å². The summed E-state index contributed by atoms with van der Waals surface area (Å²) in [6.45, 7) is 0.270. The van der Waals surface area contributed by atoms with E-state index in [2.05, 4.69) is 9.98 Å². The second kappa shape index (κ2) is 2.32. The van der Waals surface area contributed by atoms with Crippen molar-refractivity contribution < 1.29 is 9.47 Å². The maximum absolute atomic E-state index is 5.28. The Morgan fingerprint density at radius 2 is 2.31 bits per heavy atom. The number of rotatable bonds is 0. The zero-order valence-electron chi connectivity index (χ0n) is 6.73. The van der Waals surface area contributed by atoms with Gasteiger partial charge in [0.2, 0.25) is 6.79 Å². The van der Waals surface area contributed by atoms with Crippen LogP contribution in [0.5, 0.6) is 5.75 Å². The standard InChI is InChI=1S/C9H6N2O2/c1-6-3-12-5-13-9(6)2-8-7(1)10-4-11-8/h1-4H,5H2. The van der Waals surface area contributed by atoms with Gasteiger partial charge in [-0.2, -0.15) is 0 Å². The van der Waals surface area contributed by atoms with E-state index in [1.807, 2.05) is 12.1 Å². The number of hydrogen-bond donors (Lipinski definition) is 0. The van der Waals surface area contributed by atoms with Gasteiger partial charge in [-0.05, 0) is 6.07 Å². The minimum absolute atomic E-state index is 0.270. The molecule has 0 saturated heterocycles. The molecular formula is C9H6N2O2. The predicted octanol–water partition coefficient (Wildman–Crippen LogP) is 0.0841. The Morgan fingerprint density at radius 1 is 1.31 bits per heavy atom. The molecule has 0 radical (unpaired) electrons. The van der Waals surface area contributed by atoms with E-state index in [1.54, 1.807) is 6.26 Å². The van der Waals surface area contributed by atoms with Crippen LogP contribution in [0.3, 0.4) is 0 Å². The summed E-state index contributed by atoms with van der Waals surface area (Å²) in [7, 11) is 0. The monoisotopic (exact) mass is 174 g/mol. The van der Waals surface area contributed by atoms with Crippen molar-refractivity contribution in [3.8, 4) is 5.75 Å². The van der Waals surface area contributed by atoms with E-state index in [9.17, 15) is 0 Å². The van der Waals surface area contributed by atoms with Gasteiger partial charge in [0.25, 0.3) is 0 Å². The van der Waals surface area contributed by atoms with Gasteiger partial charge in [0.1, 0.15) is 12.1 Å². The maximum Gasteiger partial charge on any atom is 0.230 e. The first-order valence-corrected chi connectivity index (χ1v) is 3.92. The first-order valence-electron chi connectivity index (χ1n) is 3.92. The van der Waals surface area contributed by atoms with Crippen LogP contribution in [0, 0.1) is 0 Å². The van der Waals surface area contributed by atoms with Crippen LogP contribution in [0.1, 0.15) is 0 Å².